The van der Waals surface area contributed by atoms with Gasteiger partial charge in [0.1, 0.15) is 0 Å². The fraction of sp³-hybridized carbons (Fsp3) is 0. The predicted molar refractivity (Wildman–Crippen MR) is 12.4 cm³/mol. The molecule has 0 atom stereocenters. The Labute approximate surface area is 55.7 Å². The molecule has 0 aromatic heterocycles. The van der Waals surface area contributed by atoms with Crippen molar-refractivity contribution in [3.05, 3.63) is 0 Å². The molecule has 0 aromatic rings. The SMILES string of the molecule is [Cu].[O]=[Zr]([Cl])[Cl]. The van der Waals surface area contributed by atoms with E-state index < -0.39 is 19.4 Å². The van der Waals surface area contributed by atoms with E-state index in [9.17, 15) is 2.81 Å². The average molecular weight is 242 g/mol. The molecular formula is Cl2CuOZr. The van der Waals surface area contributed by atoms with Crippen LogP contribution in [-0.2, 0) is 39.3 Å². The summed E-state index contributed by atoms with van der Waals surface area (Å²) in [4.78, 5) is 0. The number of hydrogen-bond donors (Lipinski definition) is 0. The Morgan fingerprint density at radius 2 is 1.40 bits per heavy atom. The van der Waals surface area contributed by atoms with Crippen LogP contribution in [0.2, 0.25) is 0 Å². The molecule has 5 heteroatoms. The van der Waals surface area contributed by atoms with Crippen LogP contribution in [0.25, 0.3) is 0 Å². The minimum atomic E-state index is -2.85. The van der Waals surface area contributed by atoms with Gasteiger partial charge in [-0.2, -0.15) is 0 Å². The first-order valence-corrected chi connectivity index (χ1v) is 7.92. The van der Waals surface area contributed by atoms with Crippen molar-refractivity contribution in [1.29, 1.82) is 0 Å². The van der Waals surface area contributed by atoms with Crippen molar-refractivity contribution in [2.24, 2.45) is 0 Å². The summed E-state index contributed by atoms with van der Waals surface area (Å²) < 4.78 is 9.26. The third kappa shape index (κ3) is 26.0. The van der Waals surface area contributed by atoms with Gasteiger partial charge >= 0.3 is 39.2 Å². The number of rotatable bonds is 0. The molecule has 0 fully saturated rings. The molecule has 0 amide bonds. The Bertz CT molecular complexity index is 32.6. The third-order valence-corrected chi connectivity index (χ3v) is 0. The van der Waals surface area contributed by atoms with Crippen molar-refractivity contribution in [3.8, 4) is 0 Å². The maximum absolute atomic E-state index is 9.26. The van der Waals surface area contributed by atoms with E-state index >= 15 is 0 Å². The molecule has 0 rings (SSSR count). The Hall–Kier alpha value is 1.78. The average Bonchev–Trinajstić information content (AvgIpc) is 0.811. The predicted octanol–water partition coefficient (Wildman–Crippen LogP) is 1.26. The van der Waals surface area contributed by atoms with Crippen molar-refractivity contribution in [1.82, 2.24) is 0 Å². The monoisotopic (exact) mass is 239 g/mol. The molecule has 35 valence electrons. The molecule has 0 bridgehead atoms. The van der Waals surface area contributed by atoms with Gasteiger partial charge in [0.15, 0.2) is 0 Å². The van der Waals surface area contributed by atoms with Crippen molar-refractivity contribution < 1.29 is 39.3 Å². The summed E-state index contributed by atoms with van der Waals surface area (Å²) in [5.74, 6) is 0. The van der Waals surface area contributed by atoms with E-state index in [2.05, 4.69) is 17.0 Å². The van der Waals surface area contributed by atoms with Gasteiger partial charge in [-0.3, -0.25) is 0 Å². The molecule has 0 aromatic carbocycles. The van der Waals surface area contributed by atoms with Crippen LogP contribution in [-0.4, -0.2) is 0 Å². The summed E-state index contributed by atoms with van der Waals surface area (Å²) in [7, 11) is 9.36. The Kier molecular flexibility index (Phi) is 11.5. The topological polar surface area (TPSA) is 17.1 Å². The molecule has 0 saturated carbocycles. The van der Waals surface area contributed by atoms with Gasteiger partial charge in [0.25, 0.3) is 0 Å². The third-order valence-electron chi connectivity index (χ3n) is 0. The van der Waals surface area contributed by atoms with Crippen LogP contribution >= 0.6 is 17.0 Å². The molecule has 0 aliphatic rings. The summed E-state index contributed by atoms with van der Waals surface area (Å²) in [6.45, 7) is 0. The molecule has 1 radical (unpaired) electrons. The van der Waals surface area contributed by atoms with Gasteiger partial charge in [0, 0.05) is 17.1 Å². The first-order chi connectivity index (χ1) is 1.73. The fourth-order valence-corrected chi connectivity index (χ4v) is 0. The molecule has 0 unspecified atom stereocenters. The summed E-state index contributed by atoms with van der Waals surface area (Å²) in [5, 5.41) is 0. The quantitative estimate of drug-likeness (QED) is 0.584. The standard InChI is InChI=1S/2ClH.Cu.O.Zr/h2*1H;;;/q;;;;+2/p-2. The van der Waals surface area contributed by atoms with Crippen LogP contribution in [0.1, 0.15) is 0 Å². The Morgan fingerprint density at radius 3 is 1.40 bits per heavy atom. The fourth-order valence-electron chi connectivity index (χ4n) is 0. The molecule has 0 aliphatic heterocycles. The van der Waals surface area contributed by atoms with Crippen LogP contribution in [0.5, 0.6) is 0 Å². The first kappa shape index (κ1) is 9.92. The van der Waals surface area contributed by atoms with Crippen LogP contribution in [0.4, 0.5) is 0 Å². The zero-order valence-electron chi connectivity index (χ0n) is 1.97. The van der Waals surface area contributed by atoms with Crippen LogP contribution in [0, 0.1) is 0 Å². The molecule has 0 N–H and O–H groups in total. The van der Waals surface area contributed by atoms with E-state index in [1.54, 1.807) is 0 Å². The second-order valence-corrected chi connectivity index (χ2v) is 6.54. The molecular weight excluding hydrogens is 242 g/mol. The van der Waals surface area contributed by atoms with E-state index in [4.69, 9.17) is 0 Å². The summed E-state index contributed by atoms with van der Waals surface area (Å²) in [6.07, 6.45) is 0. The molecule has 0 aliphatic carbocycles. The second-order valence-electron chi connectivity index (χ2n) is 0.226. The number of hydrogen-bond acceptors (Lipinski definition) is 1. The van der Waals surface area contributed by atoms with Crippen LogP contribution in [0.15, 0.2) is 0 Å². The summed E-state index contributed by atoms with van der Waals surface area (Å²) in [5.41, 5.74) is 0. The molecule has 0 saturated heterocycles. The van der Waals surface area contributed by atoms with Gasteiger partial charge in [0.2, 0.25) is 0 Å². The molecule has 0 spiro atoms. The van der Waals surface area contributed by atoms with E-state index in [1.165, 1.54) is 0 Å². The zero-order chi connectivity index (χ0) is 3.58. The van der Waals surface area contributed by atoms with E-state index in [0.717, 1.165) is 0 Å². The van der Waals surface area contributed by atoms with Crippen LogP contribution < -0.4 is 0 Å². The van der Waals surface area contributed by atoms with Gasteiger partial charge in [-0.05, 0) is 0 Å². The van der Waals surface area contributed by atoms with Crippen molar-refractivity contribution in [2.45, 2.75) is 0 Å². The van der Waals surface area contributed by atoms with Gasteiger partial charge in [-0.1, -0.05) is 0 Å². The normalized spacial score (nSPS) is 5.20. The van der Waals surface area contributed by atoms with Crippen molar-refractivity contribution >= 4 is 17.0 Å². The Balaban J connectivity index is 0. The minimum absolute atomic E-state index is 0. The molecule has 1 nitrogen and oxygen atoms in total. The van der Waals surface area contributed by atoms with Gasteiger partial charge < -0.3 is 0 Å². The van der Waals surface area contributed by atoms with Gasteiger partial charge in [-0.15, -0.1) is 0 Å². The van der Waals surface area contributed by atoms with Crippen molar-refractivity contribution in [2.75, 3.05) is 0 Å². The first-order valence-electron chi connectivity index (χ1n) is 0.582. The van der Waals surface area contributed by atoms with E-state index in [0.29, 0.717) is 0 Å². The summed E-state index contributed by atoms with van der Waals surface area (Å²) >= 11 is -2.85. The van der Waals surface area contributed by atoms with Crippen LogP contribution in [0.3, 0.4) is 0 Å². The van der Waals surface area contributed by atoms with Gasteiger partial charge in [-0.25, -0.2) is 0 Å². The van der Waals surface area contributed by atoms with E-state index in [1.807, 2.05) is 0 Å². The van der Waals surface area contributed by atoms with Crippen molar-refractivity contribution in [3.63, 3.8) is 0 Å². The maximum atomic E-state index is 9.26. The second kappa shape index (κ2) is 5.78. The molecule has 5 heavy (non-hydrogen) atoms. The zero-order valence-corrected chi connectivity index (χ0v) is 6.88. The Morgan fingerprint density at radius 1 is 1.40 bits per heavy atom. The summed E-state index contributed by atoms with van der Waals surface area (Å²) in [6, 6.07) is 0. The number of halogens is 2. The molecule has 0 heterocycles. The van der Waals surface area contributed by atoms with E-state index in [-0.39, 0.29) is 17.1 Å². The van der Waals surface area contributed by atoms with Gasteiger partial charge in [0.05, 0.1) is 0 Å².